The minimum absolute atomic E-state index is 0.0246. The molecule has 0 saturated heterocycles. The standard InChI is InChI=1S/C19H23N3O2S3/c1-4-7-12(3)20-15(23)11-27-19-21-17-16(18(24)22(19)5-2)13(10-26-17)14-8-6-9-25-14/h6,8-10,12H,4-5,7,11H2,1-3H3,(H,20,23)/t12-/m1/s1. The van der Waals surface area contributed by atoms with Gasteiger partial charge in [0.2, 0.25) is 5.91 Å². The maximum atomic E-state index is 13.1. The van der Waals surface area contributed by atoms with Gasteiger partial charge in [-0.3, -0.25) is 14.2 Å². The number of thioether (sulfide) groups is 1. The van der Waals surface area contributed by atoms with Gasteiger partial charge in [0, 0.05) is 28.4 Å². The third kappa shape index (κ3) is 4.44. The van der Waals surface area contributed by atoms with Crippen LogP contribution in [0.2, 0.25) is 0 Å². The number of nitrogens with one attached hydrogen (secondary N) is 1. The number of aromatic nitrogens is 2. The van der Waals surface area contributed by atoms with Crippen LogP contribution in [0.5, 0.6) is 0 Å². The van der Waals surface area contributed by atoms with Gasteiger partial charge in [0.15, 0.2) is 5.16 Å². The van der Waals surface area contributed by atoms with E-state index in [4.69, 9.17) is 4.98 Å². The summed E-state index contributed by atoms with van der Waals surface area (Å²) in [5, 5.41) is 8.28. The number of rotatable bonds is 8. The lowest BCUT2D eigenvalue weighted by atomic mass is 10.2. The van der Waals surface area contributed by atoms with Crippen LogP contribution in [0.15, 0.2) is 32.8 Å². The number of fused-ring (bicyclic) bond motifs is 1. The first-order valence-electron chi connectivity index (χ1n) is 9.03. The Kier molecular flexibility index (Phi) is 6.73. The van der Waals surface area contributed by atoms with E-state index in [1.54, 1.807) is 15.9 Å². The molecule has 1 atom stereocenters. The second-order valence-electron chi connectivity index (χ2n) is 6.30. The molecule has 1 N–H and O–H groups in total. The van der Waals surface area contributed by atoms with Gasteiger partial charge in [0.05, 0.1) is 11.1 Å². The van der Waals surface area contributed by atoms with E-state index in [1.165, 1.54) is 23.1 Å². The molecule has 144 valence electrons. The van der Waals surface area contributed by atoms with Gasteiger partial charge in [-0.15, -0.1) is 22.7 Å². The van der Waals surface area contributed by atoms with Gasteiger partial charge >= 0.3 is 0 Å². The van der Waals surface area contributed by atoms with Gasteiger partial charge in [-0.25, -0.2) is 4.98 Å². The van der Waals surface area contributed by atoms with Gasteiger partial charge < -0.3 is 5.32 Å². The Morgan fingerprint density at radius 2 is 2.19 bits per heavy atom. The van der Waals surface area contributed by atoms with Gasteiger partial charge in [-0.2, -0.15) is 0 Å². The average molecular weight is 422 g/mol. The molecule has 0 aliphatic carbocycles. The Hall–Kier alpha value is -1.64. The number of thiophene rings is 2. The fourth-order valence-electron chi connectivity index (χ4n) is 2.96. The SMILES string of the molecule is CCC[C@@H](C)NC(=O)CSc1nc2scc(-c3cccs3)c2c(=O)n1CC. The highest BCUT2D eigenvalue weighted by atomic mass is 32.2. The van der Waals surface area contributed by atoms with Crippen LogP contribution in [0, 0.1) is 0 Å². The van der Waals surface area contributed by atoms with E-state index < -0.39 is 0 Å². The predicted octanol–water partition coefficient (Wildman–Crippen LogP) is 4.60. The molecule has 5 nitrogen and oxygen atoms in total. The molecule has 0 radical (unpaired) electrons. The molecule has 3 rings (SSSR count). The molecule has 0 unspecified atom stereocenters. The van der Waals surface area contributed by atoms with Crippen molar-refractivity contribution < 1.29 is 4.79 Å². The van der Waals surface area contributed by atoms with Crippen LogP contribution in [-0.4, -0.2) is 27.3 Å². The maximum Gasteiger partial charge on any atom is 0.263 e. The van der Waals surface area contributed by atoms with E-state index in [1.807, 2.05) is 36.7 Å². The second kappa shape index (κ2) is 9.03. The number of carbonyl (C=O) groups is 1. The van der Waals surface area contributed by atoms with Crippen molar-refractivity contribution in [2.45, 2.75) is 51.4 Å². The number of hydrogen-bond donors (Lipinski definition) is 1. The molecule has 8 heteroatoms. The van der Waals surface area contributed by atoms with E-state index in [0.29, 0.717) is 17.1 Å². The van der Waals surface area contributed by atoms with Crippen molar-refractivity contribution in [1.82, 2.24) is 14.9 Å². The molecule has 1 amide bonds. The molecule has 0 bridgehead atoms. The van der Waals surface area contributed by atoms with Crippen molar-refractivity contribution >= 4 is 50.6 Å². The van der Waals surface area contributed by atoms with Crippen LogP contribution >= 0.6 is 34.4 Å². The first-order valence-corrected chi connectivity index (χ1v) is 11.8. The lowest BCUT2D eigenvalue weighted by Gasteiger charge is -2.13. The summed E-state index contributed by atoms with van der Waals surface area (Å²) in [7, 11) is 0. The van der Waals surface area contributed by atoms with Gasteiger partial charge in [-0.1, -0.05) is 31.2 Å². The summed E-state index contributed by atoms with van der Waals surface area (Å²) in [6.45, 7) is 6.56. The highest BCUT2D eigenvalue weighted by Crippen LogP contribution is 2.34. The minimum Gasteiger partial charge on any atom is -0.353 e. The summed E-state index contributed by atoms with van der Waals surface area (Å²) in [5.41, 5.74) is 0.918. The van der Waals surface area contributed by atoms with Crippen molar-refractivity contribution in [2.75, 3.05) is 5.75 Å². The molecule has 0 aliphatic heterocycles. The monoisotopic (exact) mass is 421 g/mol. The summed E-state index contributed by atoms with van der Waals surface area (Å²) < 4.78 is 1.67. The number of carbonyl (C=O) groups excluding carboxylic acids is 1. The first-order chi connectivity index (χ1) is 13.0. The first kappa shape index (κ1) is 20.1. The lowest BCUT2D eigenvalue weighted by molar-refractivity contribution is -0.119. The van der Waals surface area contributed by atoms with Gasteiger partial charge in [-0.05, 0) is 31.7 Å². The molecule has 0 saturated carbocycles. The summed E-state index contributed by atoms with van der Waals surface area (Å²) in [6, 6.07) is 4.17. The summed E-state index contributed by atoms with van der Waals surface area (Å²) in [6.07, 6.45) is 1.99. The van der Waals surface area contributed by atoms with Crippen LogP contribution in [-0.2, 0) is 11.3 Å². The maximum absolute atomic E-state index is 13.1. The zero-order valence-corrected chi connectivity index (χ0v) is 18.1. The Bertz CT molecular complexity index is 976. The highest BCUT2D eigenvalue weighted by Gasteiger charge is 2.18. The molecule has 0 fully saturated rings. The minimum atomic E-state index is -0.0330. The fraction of sp³-hybridized carbons (Fsp3) is 0.421. The summed E-state index contributed by atoms with van der Waals surface area (Å²) in [4.78, 5) is 31.8. The van der Waals surface area contributed by atoms with E-state index >= 15 is 0 Å². The third-order valence-electron chi connectivity index (χ3n) is 4.22. The van der Waals surface area contributed by atoms with Crippen LogP contribution < -0.4 is 10.9 Å². The third-order valence-corrected chi connectivity index (χ3v) is 6.97. The molecule has 3 aromatic heterocycles. The summed E-state index contributed by atoms with van der Waals surface area (Å²) in [5.74, 6) is 0.234. The van der Waals surface area contributed by atoms with Crippen LogP contribution in [0.3, 0.4) is 0 Å². The molecule has 3 heterocycles. The number of hydrogen-bond acceptors (Lipinski definition) is 6. The van der Waals surface area contributed by atoms with Gasteiger partial charge in [0.1, 0.15) is 4.83 Å². The van der Waals surface area contributed by atoms with Crippen molar-refractivity contribution in [1.29, 1.82) is 0 Å². The van der Waals surface area contributed by atoms with Crippen LogP contribution in [0.25, 0.3) is 20.7 Å². The highest BCUT2D eigenvalue weighted by molar-refractivity contribution is 7.99. The molecular formula is C19H23N3O2S3. The number of amides is 1. The topological polar surface area (TPSA) is 64.0 Å². The number of nitrogens with zero attached hydrogens (tertiary/aromatic N) is 2. The largest absolute Gasteiger partial charge is 0.353 e. The fourth-order valence-corrected chi connectivity index (χ4v) is 5.64. The molecule has 0 aromatic carbocycles. The van der Waals surface area contributed by atoms with Crippen molar-refractivity contribution in [2.24, 2.45) is 0 Å². The van der Waals surface area contributed by atoms with Crippen molar-refractivity contribution in [3.8, 4) is 10.4 Å². The quantitative estimate of drug-likeness (QED) is 0.426. The molecule has 0 spiro atoms. The van der Waals surface area contributed by atoms with Crippen molar-refractivity contribution in [3.05, 3.63) is 33.2 Å². The van der Waals surface area contributed by atoms with E-state index in [9.17, 15) is 9.59 Å². The second-order valence-corrected chi connectivity index (χ2v) is 9.04. The lowest BCUT2D eigenvalue weighted by Crippen LogP contribution is -2.34. The Morgan fingerprint density at radius 3 is 2.85 bits per heavy atom. The smallest absolute Gasteiger partial charge is 0.263 e. The van der Waals surface area contributed by atoms with E-state index in [-0.39, 0.29) is 23.3 Å². The van der Waals surface area contributed by atoms with E-state index in [0.717, 1.165) is 28.1 Å². The normalized spacial score (nSPS) is 12.4. The van der Waals surface area contributed by atoms with Crippen LogP contribution in [0.4, 0.5) is 0 Å². The van der Waals surface area contributed by atoms with E-state index in [2.05, 4.69) is 12.2 Å². The zero-order valence-electron chi connectivity index (χ0n) is 15.7. The average Bonchev–Trinajstić information content (AvgIpc) is 3.29. The predicted molar refractivity (Wildman–Crippen MR) is 116 cm³/mol. The molecule has 0 aliphatic rings. The molecule has 3 aromatic rings. The summed E-state index contributed by atoms with van der Waals surface area (Å²) >= 11 is 4.42. The Morgan fingerprint density at radius 1 is 1.37 bits per heavy atom. The zero-order chi connectivity index (χ0) is 19.4. The van der Waals surface area contributed by atoms with Crippen molar-refractivity contribution in [3.63, 3.8) is 0 Å². The van der Waals surface area contributed by atoms with Gasteiger partial charge in [0.25, 0.3) is 5.56 Å². The van der Waals surface area contributed by atoms with Crippen LogP contribution in [0.1, 0.15) is 33.6 Å². The Balaban J connectivity index is 1.87. The molecule has 27 heavy (non-hydrogen) atoms. The Labute approximate surface area is 170 Å². The molecular weight excluding hydrogens is 398 g/mol.